The van der Waals surface area contributed by atoms with Gasteiger partial charge in [0.2, 0.25) is 0 Å². The maximum absolute atomic E-state index is 12.2. The van der Waals surface area contributed by atoms with Crippen molar-refractivity contribution in [1.82, 2.24) is 4.98 Å². The quantitative estimate of drug-likeness (QED) is 0.737. The number of halogens is 4. The van der Waals surface area contributed by atoms with Crippen molar-refractivity contribution in [3.8, 4) is 0 Å². The topological polar surface area (TPSA) is 12.9 Å². The maximum Gasteiger partial charge on any atom is 0.265 e. The number of nitrogens with zero attached hydrogens (tertiary/aromatic N) is 1. The molecule has 1 aromatic heterocycles. The van der Waals surface area contributed by atoms with Crippen LogP contribution in [0.5, 0.6) is 0 Å². The van der Waals surface area contributed by atoms with E-state index in [1.165, 1.54) is 12.3 Å². The van der Waals surface area contributed by atoms with Gasteiger partial charge in [-0.3, -0.25) is 4.98 Å². The van der Waals surface area contributed by atoms with E-state index in [-0.39, 0.29) is 10.6 Å². The predicted molar refractivity (Wildman–Crippen MR) is 46.8 cm³/mol. The highest BCUT2D eigenvalue weighted by Gasteiger charge is 2.14. The third-order valence-corrected chi connectivity index (χ3v) is 2.32. The zero-order valence-electron chi connectivity index (χ0n) is 5.90. The van der Waals surface area contributed by atoms with Gasteiger partial charge in [-0.05, 0) is 6.07 Å². The molecular weight excluding hydrogens is 251 g/mol. The molecule has 0 aliphatic heterocycles. The van der Waals surface area contributed by atoms with Crippen molar-refractivity contribution in [1.29, 1.82) is 0 Å². The van der Waals surface area contributed by atoms with Gasteiger partial charge in [0.15, 0.2) is 0 Å². The monoisotopic (exact) mass is 255 g/mol. The highest BCUT2D eigenvalue weighted by atomic mass is 79.9. The van der Waals surface area contributed by atoms with Crippen molar-refractivity contribution >= 4 is 27.5 Å². The molecule has 0 saturated heterocycles. The Morgan fingerprint density at radius 3 is 2.75 bits per heavy atom. The molecule has 0 aromatic carbocycles. The highest BCUT2D eigenvalue weighted by molar-refractivity contribution is 9.08. The summed E-state index contributed by atoms with van der Waals surface area (Å²) >= 11 is 8.73. The lowest BCUT2D eigenvalue weighted by atomic mass is 10.2. The molecule has 0 unspecified atom stereocenters. The van der Waals surface area contributed by atoms with Gasteiger partial charge in [0.1, 0.15) is 0 Å². The van der Waals surface area contributed by atoms with Crippen LogP contribution < -0.4 is 0 Å². The molecule has 0 radical (unpaired) electrons. The van der Waals surface area contributed by atoms with Crippen molar-refractivity contribution in [2.24, 2.45) is 0 Å². The minimum atomic E-state index is -2.54. The van der Waals surface area contributed by atoms with Crippen LogP contribution in [0, 0.1) is 0 Å². The Hall–Kier alpha value is -0.220. The Bertz CT molecular complexity index is 280. The normalized spacial score (nSPS) is 10.8. The first-order valence-corrected chi connectivity index (χ1v) is 4.64. The van der Waals surface area contributed by atoms with E-state index in [9.17, 15) is 8.78 Å². The van der Waals surface area contributed by atoms with E-state index in [2.05, 4.69) is 20.9 Å². The summed E-state index contributed by atoms with van der Waals surface area (Å²) in [5.74, 6) is 0. The minimum absolute atomic E-state index is 0.0457. The maximum atomic E-state index is 12.2. The van der Waals surface area contributed by atoms with Gasteiger partial charge in [0, 0.05) is 17.1 Å². The molecule has 0 atom stereocenters. The van der Waals surface area contributed by atoms with Crippen molar-refractivity contribution in [3.05, 3.63) is 28.5 Å². The standard InChI is InChI=1S/C7H5BrClF2N/c8-3-5-6(9)4(7(10)11)1-2-12-5/h1-2,7H,3H2. The van der Waals surface area contributed by atoms with E-state index in [4.69, 9.17) is 11.6 Å². The molecule has 0 aliphatic carbocycles. The summed E-state index contributed by atoms with van der Waals surface area (Å²) in [7, 11) is 0. The molecule has 0 aliphatic rings. The SMILES string of the molecule is FC(F)c1ccnc(CBr)c1Cl. The van der Waals surface area contributed by atoms with Crippen molar-refractivity contribution < 1.29 is 8.78 Å². The van der Waals surface area contributed by atoms with Crippen LogP contribution in [-0.4, -0.2) is 4.98 Å². The lowest BCUT2D eigenvalue weighted by Gasteiger charge is -2.04. The van der Waals surface area contributed by atoms with Crippen LogP contribution >= 0.6 is 27.5 Å². The van der Waals surface area contributed by atoms with Gasteiger partial charge >= 0.3 is 0 Å². The fourth-order valence-electron chi connectivity index (χ4n) is 0.766. The zero-order chi connectivity index (χ0) is 9.14. The molecule has 0 spiro atoms. The van der Waals surface area contributed by atoms with Gasteiger partial charge in [0.25, 0.3) is 6.43 Å². The van der Waals surface area contributed by atoms with Gasteiger partial charge in [0.05, 0.1) is 10.7 Å². The summed E-state index contributed by atoms with van der Waals surface area (Å²) in [5.41, 5.74) is 0.274. The molecule has 0 fully saturated rings. The molecule has 0 bridgehead atoms. The highest BCUT2D eigenvalue weighted by Crippen LogP contribution is 2.29. The predicted octanol–water partition coefficient (Wildman–Crippen LogP) is 3.57. The van der Waals surface area contributed by atoms with Crippen LogP contribution in [0.4, 0.5) is 8.78 Å². The van der Waals surface area contributed by atoms with E-state index < -0.39 is 6.43 Å². The smallest absolute Gasteiger partial charge is 0.259 e. The second kappa shape index (κ2) is 4.14. The summed E-state index contributed by atoms with van der Waals surface area (Å²) in [6.45, 7) is 0. The lowest BCUT2D eigenvalue weighted by Crippen LogP contribution is -1.93. The summed E-state index contributed by atoms with van der Waals surface area (Å²) in [6.07, 6.45) is -1.22. The molecule has 1 aromatic rings. The molecule has 0 amide bonds. The Balaban J connectivity index is 3.14. The van der Waals surface area contributed by atoms with Gasteiger partial charge < -0.3 is 0 Å². The number of hydrogen-bond donors (Lipinski definition) is 0. The van der Waals surface area contributed by atoms with Crippen molar-refractivity contribution in [2.75, 3.05) is 0 Å². The molecule has 66 valence electrons. The Kier molecular flexibility index (Phi) is 3.40. The molecular formula is C7H5BrClF2N. The van der Waals surface area contributed by atoms with Crippen LogP contribution in [0.2, 0.25) is 5.02 Å². The molecule has 5 heteroatoms. The summed E-state index contributed by atoms with van der Waals surface area (Å²) in [6, 6.07) is 1.22. The summed E-state index contributed by atoms with van der Waals surface area (Å²) < 4.78 is 24.4. The van der Waals surface area contributed by atoms with Gasteiger partial charge in [-0.25, -0.2) is 8.78 Å². The number of rotatable bonds is 2. The molecule has 1 heterocycles. The van der Waals surface area contributed by atoms with Crippen molar-refractivity contribution in [2.45, 2.75) is 11.8 Å². The third-order valence-electron chi connectivity index (χ3n) is 1.35. The van der Waals surface area contributed by atoms with E-state index in [1.54, 1.807) is 0 Å². The number of hydrogen-bond acceptors (Lipinski definition) is 1. The molecule has 0 N–H and O–H groups in total. The van der Waals surface area contributed by atoms with Crippen molar-refractivity contribution in [3.63, 3.8) is 0 Å². The average Bonchev–Trinajstić information content (AvgIpc) is 2.04. The Morgan fingerprint density at radius 2 is 2.25 bits per heavy atom. The second-order valence-corrected chi connectivity index (χ2v) is 3.03. The van der Waals surface area contributed by atoms with E-state index >= 15 is 0 Å². The van der Waals surface area contributed by atoms with Crippen LogP contribution in [-0.2, 0) is 5.33 Å². The van der Waals surface area contributed by atoms with Gasteiger partial charge in [-0.15, -0.1) is 0 Å². The van der Waals surface area contributed by atoms with Crippen LogP contribution in [0.1, 0.15) is 17.7 Å². The molecule has 0 saturated carbocycles. The summed E-state index contributed by atoms with van der Waals surface area (Å²) in [5, 5.41) is 0.427. The Labute approximate surface area is 81.9 Å². The first kappa shape index (κ1) is 9.86. The Morgan fingerprint density at radius 1 is 1.58 bits per heavy atom. The first-order valence-electron chi connectivity index (χ1n) is 3.14. The lowest BCUT2D eigenvalue weighted by molar-refractivity contribution is 0.151. The molecule has 1 rings (SSSR count). The zero-order valence-corrected chi connectivity index (χ0v) is 8.24. The third kappa shape index (κ3) is 1.93. The van der Waals surface area contributed by atoms with Gasteiger partial charge in [-0.1, -0.05) is 27.5 Å². The van der Waals surface area contributed by atoms with Crippen LogP contribution in [0.25, 0.3) is 0 Å². The van der Waals surface area contributed by atoms with E-state index in [0.29, 0.717) is 11.0 Å². The van der Waals surface area contributed by atoms with Crippen LogP contribution in [0.15, 0.2) is 12.3 Å². The molecule has 12 heavy (non-hydrogen) atoms. The minimum Gasteiger partial charge on any atom is -0.259 e. The largest absolute Gasteiger partial charge is 0.265 e. The number of pyridine rings is 1. The van der Waals surface area contributed by atoms with Gasteiger partial charge in [-0.2, -0.15) is 0 Å². The summed E-state index contributed by atoms with van der Waals surface area (Å²) in [4.78, 5) is 3.83. The first-order chi connectivity index (χ1) is 5.66. The molecule has 1 nitrogen and oxygen atoms in total. The average molecular weight is 256 g/mol. The van der Waals surface area contributed by atoms with E-state index in [1.807, 2.05) is 0 Å². The fourth-order valence-corrected chi connectivity index (χ4v) is 1.61. The second-order valence-electron chi connectivity index (χ2n) is 2.10. The fraction of sp³-hybridized carbons (Fsp3) is 0.286. The van der Waals surface area contributed by atoms with E-state index in [0.717, 1.165) is 0 Å². The van der Waals surface area contributed by atoms with Crippen LogP contribution in [0.3, 0.4) is 0 Å². The number of aromatic nitrogens is 1. The number of alkyl halides is 3.